The summed E-state index contributed by atoms with van der Waals surface area (Å²) in [6, 6.07) is 1.87. The molecule has 0 aliphatic heterocycles. The van der Waals surface area contributed by atoms with E-state index in [1.165, 1.54) is 6.33 Å². The summed E-state index contributed by atoms with van der Waals surface area (Å²) in [5.41, 5.74) is 2.71. The van der Waals surface area contributed by atoms with Gasteiger partial charge in [0, 0.05) is 18.2 Å². The van der Waals surface area contributed by atoms with Crippen LogP contribution in [0.4, 0.5) is 0 Å². The zero-order chi connectivity index (χ0) is 17.3. The van der Waals surface area contributed by atoms with Crippen molar-refractivity contribution in [1.82, 2.24) is 15.0 Å². The van der Waals surface area contributed by atoms with Gasteiger partial charge in [0.15, 0.2) is 11.5 Å². The monoisotopic (exact) mass is 393 g/mol. The quantitative estimate of drug-likeness (QED) is 0.695. The Morgan fingerprint density at radius 1 is 1.08 bits per heavy atom. The van der Waals surface area contributed by atoms with Crippen LogP contribution < -0.4 is 19.8 Å². The molecule has 1 aromatic carbocycles. The predicted molar refractivity (Wildman–Crippen MR) is 93.3 cm³/mol. The van der Waals surface area contributed by atoms with Crippen molar-refractivity contribution in [2.24, 2.45) is 0 Å². The van der Waals surface area contributed by atoms with Crippen molar-refractivity contribution in [2.45, 2.75) is 6.42 Å². The van der Waals surface area contributed by atoms with Crippen molar-refractivity contribution in [3.63, 3.8) is 0 Å². The van der Waals surface area contributed by atoms with Gasteiger partial charge in [-0.05, 0) is 27.6 Å². The summed E-state index contributed by atoms with van der Waals surface area (Å²) in [5, 5.41) is 0. The highest BCUT2D eigenvalue weighted by Crippen LogP contribution is 2.45. The van der Waals surface area contributed by atoms with Crippen LogP contribution in [-0.4, -0.2) is 36.3 Å². The Balaban J connectivity index is 2.12. The summed E-state index contributed by atoms with van der Waals surface area (Å²) in [6.07, 6.45) is 3.71. The molecule has 0 saturated heterocycles. The Bertz CT molecular complexity index is 948. The molecule has 0 amide bonds. The zero-order valence-corrected chi connectivity index (χ0v) is 15.0. The third kappa shape index (κ3) is 2.62. The van der Waals surface area contributed by atoms with E-state index >= 15 is 0 Å². The van der Waals surface area contributed by atoms with Crippen molar-refractivity contribution < 1.29 is 14.2 Å². The number of aromatic nitrogens is 3. The molecule has 7 nitrogen and oxygen atoms in total. The van der Waals surface area contributed by atoms with E-state index in [1.54, 1.807) is 27.5 Å². The van der Waals surface area contributed by atoms with Crippen LogP contribution in [0, 0.1) is 0 Å². The van der Waals surface area contributed by atoms with Crippen LogP contribution in [0.15, 0.2) is 27.9 Å². The summed E-state index contributed by atoms with van der Waals surface area (Å²) >= 11 is 3.56. The number of aromatic amines is 2. The maximum absolute atomic E-state index is 11.8. The standard InChI is InChI=1S/C16H16BrN3O4/c1-22-10-5-8(11(17)15(24-3)14(10)23-2)4-9-6-18-13-12(9)19-7-20-16(13)21/h5-7,18H,4H2,1-3H3,(H,19,20,21). The van der Waals surface area contributed by atoms with Gasteiger partial charge >= 0.3 is 0 Å². The highest BCUT2D eigenvalue weighted by Gasteiger charge is 2.20. The maximum atomic E-state index is 11.8. The molecule has 0 spiro atoms. The van der Waals surface area contributed by atoms with Gasteiger partial charge < -0.3 is 24.2 Å². The molecule has 8 heteroatoms. The minimum Gasteiger partial charge on any atom is -0.493 e. The van der Waals surface area contributed by atoms with Crippen molar-refractivity contribution in [1.29, 1.82) is 0 Å². The molecule has 2 heterocycles. The fourth-order valence-electron chi connectivity index (χ4n) is 2.65. The number of nitrogens with one attached hydrogen (secondary N) is 2. The van der Waals surface area contributed by atoms with Crippen LogP contribution in [0.25, 0.3) is 11.0 Å². The largest absolute Gasteiger partial charge is 0.493 e. The first-order valence-corrected chi connectivity index (χ1v) is 7.91. The number of halogens is 1. The highest BCUT2D eigenvalue weighted by molar-refractivity contribution is 9.10. The number of H-pyrrole nitrogens is 2. The van der Waals surface area contributed by atoms with E-state index < -0.39 is 0 Å². The average molecular weight is 394 g/mol. The third-order valence-electron chi connectivity index (χ3n) is 3.77. The molecule has 0 bridgehead atoms. The summed E-state index contributed by atoms with van der Waals surface area (Å²) in [5.74, 6) is 1.64. The normalized spacial score (nSPS) is 10.8. The Morgan fingerprint density at radius 2 is 1.83 bits per heavy atom. The van der Waals surface area contributed by atoms with Gasteiger partial charge in [-0.1, -0.05) is 0 Å². The van der Waals surface area contributed by atoms with Gasteiger partial charge in [-0.3, -0.25) is 4.79 Å². The third-order valence-corrected chi connectivity index (χ3v) is 4.64. The number of hydrogen-bond donors (Lipinski definition) is 2. The topological polar surface area (TPSA) is 89.2 Å². The van der Waals surface area contributed by atoms with Crippen LogP contribution >= 0.6 is 15.9 Å². The van der Waals surface area contributed by atoms with E-state index in [2.05, 4.69) is 30.9 Å². The Hall–Kier alpha value is -2.48. The Labute approximate surface area is 146 Å². The second kappa shape index (κ2) is 6.56. The first-order valence-electron chi connectivity index (χ1n) is 7.11. The van der Waals surface area contributed by atoms with Crippen molar-refractivity contribution in [3.8, 4) is 17.2 Å². The molecule has 0 radical (unpaired) electrons. The minimum atomic E-state index is -0.199. The van der Waals surface area contributed by atoms with E-state index in [0.717, 1.165) is 15.6 Å². The summed E-state index contributed by atoms with van der Waals surface area (Å²) in [4.78, 5) is 21.6. The molecular weight excluding hydrogens is 378 g/mol. The SMILES string of the molecule is COc1cc(Cc2c[nH]c3c(=O)[nH]cnc23)c(Br)c(OC)c1OC. The first kappa shape index (κ1) is 16.4. The number of ether oxygens (including phenoxy) is 3. The lowest BCUT2D eigenvalue weighted by molar-refractivity contribution is 0.322. The van der Waals surface area contributed by atoms with Crippen LogP contribution in [0.3, 0.4) is 0 Å². The van der Waals surface area contributed by atoms with Crippen molar-refractivity contribution >= 4 is 27.0 Å². The van der Waals surface area contributed by atoms with Crippen LogP contribution in [0.1, 0.15) is 11.1 Å². The summed E-state index contributed by atoms with van der Waals surface area (Å²) in [6.45, 7) is 0. The minimum absolute atomic E-state index is 0.199. The van der Waals surface area contributed by atoms with Gasteiger partial charge in [0.2, 0.25) is 5.75 Å². The number of fused-ring (bicyclic) bond motifs is 1. The van der Waals surface area contributed by atoms with E-state index in [4.69, 9.17) is 14.2 Å². The predicted octanol–water partition coefficient (Wildman–Crippen LogP) is 2.63. The van der Waals surface area contributed by atoms with Crippen molar-refractivity contribution in [2.75, 3.05) is 21.3 Å². The van der Waals surface area contributed by atoms with E-state index in [9.17, 15) is 4.79 Å². The molecule has 2 aromatic heterocycles. The van der Waals surface area contributed by atoms with Gasteiger partial charge in [-0.25, -0.2) is 4.98 Å². The number of methoxy groups -OCH3 is 3. The van der Waals surface area contributed by atoms with Crippen LogP contribution in [0.2, 0.25) is 0 Å². The van der Waals surface area contributed by atoms with Gasteiger partial charge in [-0.2, -0.15) is 0 Å². The number of hydrogen-bond acceptors (Lipinski definition) is 5. The molecular formula is C16H16BrN3O4. The van der Waals surface area contributed by atoms with Crippen LogP contribution in [0.5, 0.6) is 17.2 Å². The molecule has 0 unspecified atom stereocenters. The molecule has 24 heavy (non-hydrogen) atoms. The van der Waals surface area contributed by atoms with Crippen molar-refractivity contribution in [3.05, 3.63) is 44.5 Å². The van der Waals surface area contributed by atoms with Gasteiger partial charge in [0.1, 0.15) is 5.52 Å². The Morgan fingerprint density at radius 3 is 2.50 bits per heavy atom. The molecule has 0 fully saturated rings. The van der Waals surface area contributed by atoms with E-state index in [0.29, 0.717) is 34.7 Å². The van der Waals surface area contributed by atoms with Gasteiger partial charge in [0.25, 0.3) is 5.56 Å². The fraction of sp³-hybridized carbons (Fsp3) is 0.250. The molecule has 2 N–H and O–H groups in total. The molecule has 0 saturated carbocycles. The molecule has 3 aromatic rings. The lowest BCUT2D eigenvalue weighted by Gasteiger charge is -2.16. The van der Waals surface area contributed by atoms with Crippen LogP contribution in [-0.2, 0) is 6.42 Å². The smallest absolute Gasteiger partial charge is 0.275 e. The second-order valence-corrected chi connectivity index (χ2v) is 5.86. The second-order valence-electron chi connectivity index (χ2n) is 5.06. The number of rotatable bonds is 5. The number of benzene rings is 1. The molecule has 0 aliphatic rings. The molecule has 3 rings (SSSR count). The lowest BCUT2D eigenvalue weighted by atomic mass is 10.1. The molecule has 0 atom stereocenters. The fourth-order valence-corrected chi connectivity index (χ4v) is 3.24. The molecule has 0 aliphatic carbocycles. The van der Waals surface area contributed by atoms with E-state index in [1.807, 2.05) is 6.07 Å². The Kier molecular flexibility index (Phi) is 4.48. The highest BCUT2D eigenvalue weighted by atomic mass is 79.9. The zero-order valence-electron chi connectivity index (χ0n) is 13.4. The summed E-state index contributed by atoms with van der Waals surface area (Å²) in [7, 11) is 4.70. The van der Waals surface area contributed by atoms with E-state index in [-0.39, 0.29) is 5.56 Å². The summed E-state index contributed by atoms with van der Waals surface area (Å²) < 4.78 is 17.0. The number of nitrogens with zero attached hydrogens (tertiary/aromatic N) is 1. The molecule has 126 valence electrons. The van der Waals surface area contributed by atoms with Gasteiger partial charge in [0.05, 0.1) is 37.6 Å². The van der Waals surface area contributed by atoms with Gasteiger partial charge in [-0.15, -0.1) is 0 Å². The maximum Gasteiger partial charge on any atom is 0.275 e. The average Bonchev–Trinajstić information content (AvgIpc) is 3.00. The first-order chi connectivity index (χ1) is 11.6. The lowest BCUT2D eigenvalue weighted by Crippen LogP contribution is -2.06.